The molecule has 1 aromatic heterocycles. The predicted molar refractivity (Wildman–Crippen MR) is 100 cm³/mol. The predicted octanol–water partition coefficient (Wildman–Crippen LogP) is 5.06. The van der Waals surface area contributed by atoms with Gasteiger partial charge in [0.05, 0.1) is 24.9 Å². The Labute approximate surface area is 167 Å². The molecule has 1 aliphatic rings. The van der Waals surface area contributed by atoms with Gasteiger partial charge in [-0.1, -0.05) is 6.08 Å². The van der Waals surface area contributed by atoms with Crippen molar-refractivity contribution in [3.05, 3.63) is 11.8 Å². The van der Waals surface area contributed by atoms with Crippen LogP contribution in [0.1, 0.15) is 58.6 Å². The molecule has 0 fully saturated rings. The Balaban J connectivity index is 1.85. The number of halogens is 3. The summed E-state index contributed by atoms with van der Waals surface area (Å²) in [7, 11) is 0. The number of hydrogen-bond acceptors (Lipinski definition) is 6. The fourth-order valence-corrected chi connectivity index (χ4v) is 3.17. The fourth-order valence-electron chi connectivity index (χ4n) is 2.64. The molecule has 2 heterocycles. The van der Waals surface area contributed by atoms with Crippen molar-refractivity contribution in [1.82, 2.24) is 13.6 Å². The second kappa shape index (κ2) is 9.58. The minimum atomic E-state index is -4.11. The highest BCUT2D eigenvalue weighted by Gasteiger charge is 2.27. The summed E-state index contributed by atoms with van der Waals surface area (Å²) in [6, 6.07) is 0. The number of carbonyl (C=O) groups is 1. The van der Waals surface area contributed by atoms with Crippen molar-refractivity contribution >= 4 is 23.4 Å². The minimum absolute atomic E-state index is 0.0883. The van der Waals surface area contributed by atoms with Gasteiger partial charge in [0.15, 0.2) is 0 Å². The first-order chi connectivity index (χ1) is 13.1. The number of amides is 1. The van der Waals surface area contributed by atoms with E-state index in [-0.39, 0.29) is 19.1 Å². The van der Waals surface area contributed by atoms with Crippen LogP contribution in [0.5, 0.6) is 5.88 Å². The molecule has 1 aliphatic heterocycles. The lowest BCUT2D eigenvalue weighted by Gasteiger charge is -2.29. The molecule has 0 atom stereocenters. The molecule has 2 rings (SSSR count). The van der Waals surface area contributed by atoms with E-state index in [9.17, 15) is 18.0 Å². The molecule has 10 heteroatoms. The summed E-state index contributed by atoms with van der Waals surface area (Å²) in [5, 5.41) is 0. The third-order valence-corrected chi connectivity index (χ3v) is 4.42. The van der Waals surface area contributed by atoms with E-state index in [1.807, 2.05) is 26.8 Å². The molecule has 0 saturated carbocycles. The SMILES string of the molecule is CC(C)(C)OC(=O)N1CCC=C(c2nsnc2OCCCCCC(F)(F)F)C1. The number of alkyl halides is 3. The molecule has 158 valence electrons. The highest BCUT2D eigenvalue weighted by Crippen LogP contribution is 2.28. The zero-order valence-electron chi connectivity index (χ0n) is 16.3. The molecular formula is C18H26F3N3O3S. The molecule has 0 aliphatic carbocycles. The van der Waals surface area contributed by atoms with Gasteiger partial charge in [-0.3, -0.25) is 0 Å². The van der Waals surface area contributed by atoms with E-state index < -0.39 is 18.2 Å². The second-order valence-corrected chi connectivity index (χ2v) is 8.14. The van der Waals surface area contributed by atoms with Crippen molar-refractivity contribution in [1.29, 1.82) is 0 Å². The van der Waals surface area contributed by atoms with Crippen LogP contribution in [0.3, 0.4) is 0 Å². The maximum atomic E-state index is 12.3. The van der Waals surface area contributed by atoms with Crippen molar-refractivity contribution in [2.75, 3.05) is 19.7 Å². The lowest BCUT2D eigenvalue weighted by molar-refractivity contribution is -0.135. The molecule has 0 spiro atoms. The first-order valence-corrected chi connectivity index (χ1v) is 9.97. The van der Waals surface area contributed by atoms with Crippen LogP contribution in [-0.4, -0.2) is 51.2 Å². The molecule has 0 N–H and O–H groups in total. The summed E-state index contributed by atoms with van der Waals surface area (Å²) in [4.78, 5) is 13.9. The van der Waals surface area contributed by atoms with Crippen LogP contribution in [0.15, 0.2) is 6.08 Å². The molecule has 0 unspecified atom stereocenters. The Morgan fingerprint density at radius 1 is 1.21 bits per heavy atom. The largest absolute Gasteiger partial charge is 0.475 e. The van der Waals surface area contributed by atoms with Crippen LogP contribution < -0.4 is 4.74 Å². The third-order valence-electron chi connectivity index (χ3n) is 3.91. The summed E-state index contributed by atoms with van der Waals surface area (Å²) in [5.74, 6) is 0.359. The zero-order chi connectivity index (χ0) is 20.8. The summed E-state index contributed by atoms with van der Waals surface area (Å²) < 4.78 is 55.8. The van der Waals surface area contributed by atoms with Crippen molar-refractivity contribution in [3.63, 3.8) is 0 Å². The van der Waals surface area contributed by atoms with E-state index in [4.69, 9.17) is 9.47 Å². The van der Waals surface area contributed by atoms with E-state index >= 15 is 0 Å². The van der Waals surface area contributed by atoms with Crippen molar-refractivity contribution in [3.8, 4) is 5.88 Å². The maximum Gasteiger partial charge on any atom is 0.410 e. The van der Waals surface area contributed by atoms with Crippen molar-refractivity contribution < 1.29 is 27.4 Å². The van der Waals surface area contributed by atoms with Gasteiger partial charge < -0.3 is 14.4 Å². The average Bonchev–Trinajstić information content (AvgIpc) is 3.04. The molecule has 0 bridgehead atoms. The summed E-state index contributed by atoms with van der Waals surface area (Å²) in [6.45, 7) is 6.64. The average molecular weight is 421 g/mol. The van der Waals surface area contributed by atoms with Gasteiger partial charge in [0.2, 0.25) is 0 Å². The third kappa shape index (κ3) is 7.65. The standard InChI is InChI=1S/C18H26F3N3O3S/c1-17(2,3)27-16(25)24-10-7-8-13(12-24)14-15(23-28-22-14)26-11-6-4-5-9-18(19,20)21/h8H,4-7,9-12H2,1-3H3. The lowest BCUT2D eigenvalue weighted by Crippen LogP contribution is -2.39. The minimum Gasteiger partial charge on any atom is -0.475 e. The number of hydrogen-bond donors (Lipinski definition) is 0. The summed E-state index contributed by atoms with van der Waals surface area (Å²) in [5.41, 5.74) is 0.840. The Kier molecular flexibility index (Phi) is 7.68. The lowest BCUT2D eigenvalue weighted by atomic mass is 10.1. The van der Waals surface area contributed by atoms with Gasteiger partial charge in [-0.05, 0) is 46.5 Å². The normalized spacial score (nSPS) is 15.4. The maximum absolute atomic E-state index is 12.3. The van der Waals surface area contributed by atoms with Crippen LogP contribution in [0.2, 0.25) is 0 Å². The fraction of sp³-hybridized carbons (Fsp3) is 0.722. The number of unbranched alkanes of at least 4 members (excludes halogenated alkanes) is 2. The van der Waals surface area contributed by atoms with Crippen molar-refractivity contribution in [2.24, 2.45) is 0 Å². The van der Waals surface area contributed by atoms with Gasteiger partial charge in [-0.2, -0.15) is 17.5 Å². The molecule has 0 radical (unpaired) electrons. The summed E-state index contributed by atoms with van der Waals surface area (Å²) in [6.07, 6.45) is -1.57. The Morgan fingerprint density at radius 3 is 2.64 bits per heavy atom. The van der Waals surface area contributed by atoms with Crippen LogP contribution in [0.4, 0.5) is 18.0 Å². The van der Waals surface area contributed by atoms with Crippen LogP contribution in [-0.2, 0) is 4.74 Å². The van der Waals surface area contributed by atoms with Crippen LogP contribution in [0, 0.1) is 0 Å². The highest BCUT2D eigenvalue weighted by molar-refractivity contribution is 6.99. The van der Waals surface area contributed by atoms with Crippen LogP contribution >= 0.6 is 11.7 Å². The van der Waals surface area contributed by atoms with Crippen LogP contribution in [0.25, 0.3) is 5.57 Å². The molecule has 0 aromatic carbocycles. The molecule has 28 heavy (non-hydrogen) atoms. The van der Waals surface area contributed by atoms with Gasteiger partial charge in [0.1, 0.15) is 11.3 Å². The number of carbonyl (C=O) groups excluding carboxylic acids is 1. The number of rotatable bonds is 7. The Hall–Kier alpha value is -1.84. The van der Waals surface area contributed by atoms with Gasteiger partial charge >= 0.3 is 12.3 Å². The first-order valence-electron chi connectivity index (χ1n) is 9.24. The van der Waals surface area contributed by atoms with Gasteiger partial charge in [-0.25, -0.2) is 4.79 Å². The molecular weight excluding hydrogens is 395 g/mol. The van der Waals surface area contributed by atoms with Gasteiger partial charge in [0, 0.05) is 18.5 Å². The van der Waals surface area contributed by atoms with Gasteiger partial charge in [0.25, 0.3) is 5.88 Å². The van der Waals surface area contributed by atoms with E-state index in [1.54, 1.807) is 4.90 Å². The number of ether oxygens (including phenoxy) is 2. The van der Waals surface area contributed by atoms with Crippen molar-refractivity contribution in [2.45, 2.75) is 64.7 Å². The zero-order valence-corrected chi connectivity index (χ0v) is 17.2. The molecule has 0 saturated heterocycles. The van der Waals surface area contributed by atoms with E-state index in [1.165, 1.54) is 0 Å². The Bertz CT molecular complexity index is 684. The molecule has 6 nitrogen and oxygen atoms in total. The number of aromatic nitrogens is 2. The first kappa shape index (κ1) is 22.4. The monoisotopic (exact) mass is 421 g/mol. The number of nitrogens with zero attached hydrogens (tertiary/aromatic N) is 3. The van der Waals surface area contributed by atoms with E-state index in [0.717, 1.165) is 17.3 Å². The Morgan fingerprint density at radius 2 is 1.96 bits per heavy atom. The van der Waals surface area contributed by atoms with E-state index in [0.29, 0.717) is 43.9 Å². The smallest absolute Gasteiger partial charge is 0.410 e. The quantitative estimate of drug-likeness (QED) is 0.576. The summed E-state index contributed by atoms with van der Waals surface area (Å²) >= 11 is 1.00. The topological polar surface area (TPSA) is 64.5 Å². The molecule has 1 aromatic rings. The molecule has 1 amide bonds. The second-order valence-electron chi connectivity index (χ2n) is 7.61. The van der Waals surface area contributed by atoms with E-state index in [2.05, 4.69) is 8.75 Å². The van der Waals surface area contributed by atoms with Gasteiger partial charge in [-0.15, -0.1) is 4.37 Å². The highest BCUT2D eigenvalue weighted by atomic mass is 32.1.